The molecule has 0 saturated heterocycles. The topological polar surface area (TPSA) is 33.0 Å². The van der Waals surface area contributed by atoms with Gasteiger partial charge in [-0.2, -0.15) is 5.26 Å². The largest absolute Gasteiger partial charge is 0.494 e. The summed E-state index contributed by atoms with van der Waals surface area (Å²) < 4.78 is 17.8. The fourth-order valence-corrected chi connectivity index (χ4v) is 1.07. The van der Waals surface area contributed by atoms with Crippen LogP contribution < -0.4 is 4.74 Å². The van der Waals surface area contributed by atoms with Gasteiger partial charge in [0.15, 0.2) is 11.6 Å². The summed E-state index contributed by atoms with van der Waals surface area (Å²) in [5.74, 6) is -0.140. The van der Waals surface area contributed by atoms with Crippen molar-refractivity contribution in [2.45, 2.75) is 12.8 Å². The number of methoxy groups -OCH3 is 1. The number of benzene rings is 1. The van der Waals surface area contributed by atoms with Gasteiger partial charge in [0.25, 0.3) is 0 Å². The Bertz CT molecular complexity index is 330. The van der Waals surface area contributed by atoms with Gasteiger partial charge in [-0.15, -0.1) is 0 Å². The first-order chi connectivity index (χ1) is 6.27. The fourth-order valence-electron chi connectivity index (χ4n) is 1.07. The van der Waals surface area contributed by atoms with Crippen molar-refractivity contribution in [3.63, 3.8) is 0 Å². The zero-order chi connectivity index (χ0) is 9.68. The van der Waals surface area contributed by atoms with Crippen molar-refractivity contribution in [2.24, 2.45) is 0 Å². The van der Waals surface area contributed by atoms with E-state index in [-0.39, 0.29) is 11.6 Å². The summed E-state index contributed by atoms with van der Waals surface area (Å²) in [6.07, 6.45) is 0.989. The number of hydrogen-bond acceptors (Lipinski definition) is 2. The summed E-state index contributed by atoms with van der Waals surface area (Å²) in [6, 6.07) is 6.74. The molecule has 0 aliphatic carbocycles. The predicted octanol–water partition coefficient (Wildman–Crippen LogP) is 2.29. The van der Waals surface area contributed by atoms with Crippen molar-refractivity contribution in [3.8, 4) is 11.8 Å². The minimum atomic E-state index is -0.377. The molecule has 0 aliphatic heterocycles. The van der Waals surface area contributed by atoms with Crippen LogP contribution in [0.5, 0.6) is 5.75 Å². The highest BCUT2D eigenvalue weighted by atomic mass is 19.1. The normalized spacial score (nSPS) is 9.31. The zero-order valence-electron chi connectivity index (χ0n) is 7.38. The van der Waals surface area contributed by atoms with E-state index >= 15 is 0 Å². The fraction of sp³-hybridized carbons (Fsp3) is 0.300. The molecule has 0 saturated carbocycles. The molecule has 0 amide bonds. The highest BCUT2D eigenvalue weighted by molar-refractivity contribution is 5.29. The number of nitriles is 1. The van der Waals surface area contributed by atoms with Gasteiger partial charge >= 0.3 is 0 Å². The minimum absolute atomic E-state index is 0.237. The van der Waals surface area contributed by atoms with E-state index in [9.17, 15) is 4.39 Å². The molecule has 2 nitrogen and oxygen atoms in total. The number of halogens is 1. The van der Waals surface area contributed by atoms with Gasteiger partial charge in [0.2, 0.25) is 0 Å². The molecule has 0 radical (unpaired) electrons. The predicted molar refractivity (Wildman–Crippen MR) is 46.9 cm³/mol. The second-order valence-electron chi connectivity index (χ2n) is 2.63. The lowest BCUT2D eigenvalue weighted by Crippen LogP contribution is -1.90. The molecule has 0 spiro atoms. The molecule has 1 rings (SSSR count). The van der Waals surface area contributed by atoms with Gasteiger partial charge < -0.3 is 4.74 Å². The van der Waals surface area contributed by atoms with Crippen LogP contribution in [0.4, 0.5) is 4.39 Å². The van der Waals surface area contributed by atoms with Gasteiger partial charge in [-0.3, -0.25) is 0 Å². The first-order valence-corrected chi connectivity index (χ1v) is 3.97. The second-order valence-corrected chi connectivity index (χ2v) is 2.63. The lowest BCUT2D eigenvalue weighted by Gasteiger charge is -2.02. The minimum Gasteiger partial charge on any atom is -0.494 e. The molecule has 1 aromatic carbocycles. The van der Waals surface area contributed by atoms with Crippen molar-refractivity contribution < 1.29 is 9.13 Å². The molecule has 0 atom stereocenters. The Kier molecular flexibility index (Phi) is 3.27. The summed E-state index contributed by atoms with van der Waals surface area (Å²) in [6.45, 7) is 0. The SMILES string of the molecule is COc1ccc(CCC#N)cc1F. The number of aryl methyl sites for hydroxylation is 1. The van der Waals surface area contributed by atoms with Crippen molar-refractivity contribution >= 4 is 0 Å². The average Bonchev–Trinajstić information content (AvgIpc) is 2.15. The third-order valence-electron chi connectivity index (χ3n) is 1.74. The van der Waals surface area contributed by atoms with Crippen LogP contribution in [0.15, 0.2) is 18.2 Å². The van der Waals surface area contributed by atoms with E-state index in [1.807, 2.05) is 6.07 Å². The third kappa shape index (κ3) is 2.45. The van der Waals surface area contributed by atoms with Gasteiger partial charge in [-0.05, 0) is 24.1 Å². The van der Waals surface area contributed by atoms with Gasteiger partial charge in [0, 0.05) is 6.42 Å². The monoisotopic (exact) mass is 179 g/mol. The molecule has 1 aromatic rings. The summed E-state index contributed by atoms with van der Waals surface area (Å²) in [7, 11) is 1.42. The van der Waals surface area contributed by atoms with E-state index in [4.69, 9.17) is 10.00 Å². The standard InChI is InChI=1S/C10H10FNO/c1-13-10-5-4-8(3-2-6-12)7-9(10)11/h4-5,7H,2-3H2,1H3. The van der Waals surface area contributed by atoms with Crippen LogP contribution in [-0.2, 0) is 6.42 Å². The Morgan fingerprint density at radius 2 is 2.31 bits per heavy atom. The molecule has 0 N–H and O–H groups in total. The Balaban J connectivity index is 2.78. The molecule has 0 fully saturated rings. The molecule has 0 unspecified atom stereocenters. The van der Waals surface area contributed by atoms with Crippen molar-refractivity contribution in [1.29, 1.82) is 5.26 Å². The number of rotatable bonds is 3. The Morgan fingerprint density at radius 3 is 2.85 bits per heavy atom. The first-order valence-electron chi connectivity index (χ1n) is 3.97. The molecular formula is C10H10FNO. The zero-order valence-corrected chi connectivity index (χ0v) is 7.38. The third-order valence-corrected chi connectivity index (χ3v) is 1.74. The summed E-state index contributed by atoms with van der Waals surface area (Å²) in [4.78, 5) is 0. The van der Waals surface area contributed by atoms with E-state index in [1.54, 1.807) is 12.1 Å². The molecule has 68 valence electrons. The van der Waals surface area contributed by atoms with Crippen LogP contribution in [0.3, 0.4) is 0 Å². The molecule has 3 heteroatoms. The molecule has 0 bridgehead atoms. The number of ether oxygens (including phenoxy) is 1. The van der Waals surface area contributed by atoms with E-state index in [2.05, 4.69) is 0 Å². The van der Waals surface area contributed by atoms with E-state index in [0.29, 0.717) is 12.8 Å². The molecular weight excluding hydrogens is 169 g/mol. The number of hydrogen-bond donors (Lipinski definition) is 0. The molecule has 0 aliphatic rings. The van der Waals surface area contributed by atoms with Gasteiger partial charge in [-0.1, -0.05) is 6.07 Å². The smallest absolute Gasteiger partial charge is 0.165 e. The van der Waals surface area contributed by atoms with Crippen LogP contribution in [0, 0.1) is 17.1 Å². The maximum atomic E-state index is 13.1. The van der Waals surface area contributed by atoms with Crippen LogP contribution in [0.25, 0.3) is 0 Å². The lowest BCUT2D eigenvalue weighted by molar-refractivity contribution is 0.386. The Labute approximate surface area is 76.6 Å². The second kappa shape index (κ2) is 4.46. The van der Waals surface area contributed by atoms with Crippen LogP contribution >= 0.6 is 0 Å². The summed E-state index contributed by atoms with van der Waals surface area (Å²) in [5.41, 5.74) is 0.819. The summed E-state index contributed by atoms with van der Waals surface area (Å²) >= 11 is 0. The first kappa shape index (κ1) is 9.53. The molecule has 0 aromatic heterocycles. The van der Waals surface area contributed by atoms with Crippen LogP contribution in [0.2, 0.25) is 0 Å². The van der Waals surface area contributed by atoms with E-state index in [0.717, 1.165) is 5.56 Å². The average molecular weight is 179 g/mol. The highest BCUT2D eigenvalue weighted by Gasteiger charge is 2.02. The van der Waals surface area contributed by atoms with E-state index < -0.39 is 0 Å². The van der Waals surface area contributed by atoms with Crippen LogP contribution in [0.1, 0.15) is 12.0 Å². The van der Waals surface area contributed by atoms with Crippen molar-refractivity contribution in [3.05, 3.63) is 29.6 Å². The summed E-state index contributed by atoms with van der Waals surface area (Å²) in [5, 5.41) is 8.33. The van der Waals surface area contributed by atoms with Gasteiger partial charge in [0.1, 0.15) is 0 Å². The highest BCUT2D eigenvalue weighted by Crippen LogP contribution is 2.18. The maximum absolute atomic E-state index is 13.1. The number of nitrogens with zero attached hydrogens (tertiary/aromatic N) is 1. The van der Waals surface area contributed by atoms with Gasteiger partial charge in [0.05, 0.1) is 13.2 Å². The van der Waals surface area contributed by atoms with Crippen LogP contribution in [-0.4, -0.2) is 7.11 Å². The Morgan fingerprint density at radius 1 is 1.54 bits per heavy atom. The quantitative estimate of drug-likeness (QED) is 0.713. The van der Waals surface area contributed by atoms with Gasteiger partial charge in [-0.25, -0.2) is 4.39 Å². The lowest BCUT2D eigenvalue weighted by atomic mass is 10.1. The molecule has 0 heterocycles. The van der Waals surface area contributed by atoms with Crippen molar-refractivity contribution in [2.75, 3.05) is 7.11 Å². The van der Waals surface area contributed by atoms with Crippen molar-refractivity contribution in [1.82, 2.24) is 0 Å². The molecule has 13 heavy (non-hydrogen) atoms. The maximum Gasteiger partial charge on any atom is 0.165 e. The Hall–Kier alpha value is -1.56. The van der Waals surface area contributed by atoms with E-state index in [1.165, 1.54) is 13.2 Å².